The number of morpholine rings is 2. The molecule has 2 aliphatic heterocycles. The van der Waals surface area contributed by atoms with Crippen LogP contribution in [0.25, 0.3) is 11.0 Å². The Morgan fingerprint density at radius 2 is 1.68 bits per heavy atom. The first-order chi connectivity index (χ1) is 15.2. The number of anilines is 1. The van der Waals surface area contributed by atoms with E-state index in [1.165, 1.54) is 0 Å². The minimum atomic E-state index is -0.311. The minimum Gasteiger partial charge on any atom is -0.379 e. The van der Waals surface area contributed by atoms with E-state index >= 15 is 0 Å². The molecule has 31 heavy (non-hydrogen) atoms. The lowest BCUT2D eigenvalue weighted by molar-refractivity contribution is -0.384. The number of fused-ring (bicyclic) bond motifs is 1. The van der Waals surface area contributed by atoms with E-state index < -0.39 is 0 Å². The van der Waals surface area contributed by atoms with Crippen molar-refractivity contribution in [3.05, 3.63) is 58.1 Å². The van der Waals surface area contributed by atoms with Gasteiger partial charge >= 0.3 is 0 Å². The van der Waals surface area contributed by atoms with Crippen LogP contribution in [0.15, 0.2) is 42.5 Å². The van der Waals surface area contributed by atoms with E-state index in [0.29, 0.717) is 58.3 Å². The summed E-state index contributed by atoms with van der Waals surface area (Å²) in [6, 6.07) is 13.3. The molecular formula is C21H24N6O4. The Bertz CT molecular complexity index is 1070. The first-order valence-electron chi connectivity index (χ1n) is 10.4. The van der Waals surface area contributed by atoms with Crippen LogP contribution in [0.3, 0.4) is 0 Å². The van der Waals surface area contributed by atoms with Gasteiger partial charge in [0.15, 0.2) is 0 Å². The molecule has 3 aromatic rings. The number of hydrogen-bond donors (Lipinski definition) is 0. The van der Waals surface area contributed by atoms with Crippen LogP contribution in [0, 0.1) is 10.1 Å². The molecule has 162 valence electrons. The van der Waals surface area contributed by atoms with Gasteiger partial charge in [-0.25, -0.2) is 4.68 Å². The highest BCUT2D eigenvalue weighted by molar-refractivity contribution is 5.74. The second-order valence-electron chi connectivity index (χ2n) is 7.65. The van der Waals surface area contributed by atoms with Gasteiger partial charge in [-0.05, 0) is 23.8 Å². The lowest BCUT2D eigenvalue weighted by Crippen LogP contribution is -2.42. The van der Waals surface area contributed by atoms with Gasteiger partial charge in [0.1, 0.15) is 17.4 Å². The number of benzene rings is 2. The van der Waals surface area contributed by atoms with E-state index in [1.807, 2.05) is 46.0 Å². The normalized spacial score (nSPS) is 18.9. The van der Waals surface area contributed by atoms with Gasteiger partial charge in [-0.1, -0.05) is 23.4 Å². The molecule has 2 fully saturated rings. The molecule has 2 aliphatic rings. The molecule has 2 aromatic carbocycles. The van der Waals surface area contributed by atoms with E-state index in [9.17, 15) is 10.1 Å². The summed E-state index contributed by atoms with van der Waals surface area (Å²) < 4.78 is 12.8. The fourth-order valence-electron chi connectivity index (χ4n) is 4.32. The molecule has 3 heterocycles. The van der Waals surface area contributed by atoms with Crippen molar-refractivity contribution in [2.45, 2.75) is 6.17 Å². The zero-order chi connectivity index (χ0) is 21.2. The number of nitrogens with zero attached hydrogens (tertiary/aromatic N) is 6. The molecule has 0 bridgehead atoms. The Morgan fingerprint density at radius 1 is 0.968 bits per heavy atom. The van der Waals surface area contributed by atoms with E-state index in [-0.39, 0.29) is 16.8 Å². The van der Waals surface area contributed by atoms with Crippen molar-refractivity contribution in [3.63, 3.8) is 0 Å². The third kappa shape index (κ3) is 3.85. The number of rotatable bonds is 5. The van der Waals surface area contributed by atoms with Crippen molar-refractivity contribution >= 4 is 22.4 Å². The zero-order valence-electron chi connectivity index (χ0n) is 17.1. The molecule has 0 spiro atoms. The zero-order valence-corrected chi connectivity index (χ0v) is 17.1. The average molecular weight is 424 g/mol. The van der Waals surface area contributed by atoms with Gasteiger partial charge in [-0.15, -0.1) is 5.10 Å². The summed E-state index contributed by atoms with van der Waals surface area (Å²) >= 11 is 0. The molecule has 0 N–H and O–H groups in total. The van der Waals surface area contributed by atoms with E-state index in [2.05, 4.69) is 15.2 Å². The van der Waals surface area contributed by atoms with E-state index in [4.69, 9.17) is 9.47 Å². The van der Waals surface area contributed by atoms with Crippen LogP contribution in [0.1, 0.15) is 11.7 Å². The molecule has 0 amide bonds. The fourth-order valence-corrected chi connectivity index (χ4v) is 4.32. The van der Waals surface area contributed by atoms with Crippen LogP contribution in [0.5, 0.6) is 0 Å². The smallest absolute Gasteiger partial charge is 0.292 e. The highest BCUT2D eigenvalue weighted by Crippen LogP contribution is 2.35. The lowest BCUT2D eigenvalue weighted by atomic mass is 10.1. The Kier molecular flexibility index (Phi) is 5.49. The third-order valence-corrected chi connectivity index (χ3v) is 5.85. The van der Waals surface area contributed by atoms with Gasteiger partial charge in [0, 0.05) is 32.2 Å². The monoisotopic (exact) mass is 424 g/mol. The lowest BCUT2D eigenvalue weighted by Gasteiger charge is -2.35. The van der Waals surface area contributed by atoms with Gasteiger partial charge in [0.2, 0.25) is 0 Å². The predicted octanol–water partition coefficient (Wildman–Crippen LogP) is 2.06. The second-order valence-corrected chi connectivity index (χ2v) is 7.65. The average Bonchev–Trinajstić information content (AvgIpc) is 3.24. The van der Waals surface area contributed by atoms with Crippen LogP contribution in [0.4, 0.5) is 11.4 Å². The molecule has 2 saturated heterocycles. The maximum Gasteiger partial charge on any atom is 0.292 e. The summed E-state index contributed by atoms with van der Waals surface area (Å²) in [5, 5.41) is 20.7. The van der Waals surface area contributed by atoms with Gasteiger partial charge < -0.3 is 14.4 Å². The largest absolute Gasteiger partial charge is 0.379 e. The quantitative estimate of drug-likeness (QED) is 0.453. The first-order valence-corrected chi connectivity index (χ1v) is 10.4. The maximum absolute atomic E-state index is 12.0. The second kappa shape index (κ2) is 8.58. The number of aromatic nitrogens is 3. The Morgan fingerprint density at radius 3 is 2.42 bits per heavy atom. The molecule has 1 unspecified atom stereocenters. The van der Waals surface area contributed by atoms with Crippen molar-refractivity contribution in [1.82, 2.24) is 19.9 Å². The molecule has 5 rings (SSSR count). The Hall–Kier alpha value is -3.08. The topological polar surface area (TPSA) is 98.8 Å². The predicted molar refractivity (Wildman–Crippen MR) is 114 cm³/mol. The highest BCUT2D eigenvalue weighted by atomic mass is 16.6. The van der Waals surface area contributed by atoms with Crippen molar-refractivity contribution in [2.75, 3.05) is 57.5 Å². The van der Waals surface area contributed by atoms with E-state index in [1.54, 1.807) is 6.07 Å². The molecule has 0 saturated carbocycles. The molecule has 1 aromatic heterocycles. The molecule has 0 radical (unpaired) electrons. The van der Waals surface area contributed by atoms with Crippen LogP contribution < -0.4 is 4.90 Å². The number of hydrogen-bond acceptors (Lipinski definition) is 8. The standard InChI is InChI=1S/C21H24N6O4/c28-27(29)20-15-16(5-6-19(20)24-7-11-30-12-8-24)21(25-9-13-31-14-10-25)26-18-4-2-1-3-17(18)22-23-26/h1-6,15,21H,7-14H2. The highest BCUT2D eigenvalue weighted by Gasteiger charge is 2.30. The Balaban J connectivity index is 1.60. The first kappa shape index (κ1) is 19.9. The third-order valence-electron chi connectivity index (χ3n) is 5.85. The summed E-state index contributed by atoms with van der Waals surface area (Å²) in [6.07, 6.45) is -0.311. The van der Waals surface area contributed by atoms with Crippen LogP contribution in [-0.2, 0) is 9.47 Å². The van der Waals surface area contributed by atoms with Crippen molar-refractivity contribution in [2.24, 2.45) is 0 Å². The van der Waals surface area contributed by atoms with Crippen LogP contribution >= 0.6 is 0 Å². The van der Waals surface area contributed by atoms with Crippen LogP contribution in [0.2, 0.25) is 0 Å². The minimum absolute atomic E-state index is 0.0991. The molecule has 10 heteroatoms. The number of para-hydroxylation sites is 1. The Labute approximate surface area is 179 Å². The molecule has 0 aliphatic carbocycles. The summed E-state index contributed by atoms with van der Waals surface area (Å²) in [6.45, 7) is 5.05. The van der Waals surface area contributed by atoms with E-state index in [0.717, 1.165) is 16.6 Å². The SMILES string of the molecule is O=[N+]([O-])c1cc(C(N2CCOCC2)n2nnc3ccccc32)ccc1N1CCOCC1. The fraction of sp³-hybridized carbons (Fsp3) is 0.429. The van der Waals surface area contributed by atoms with Crippen molar-refractivity contribution < 1.29 is 14.4 Å². The van der Waals surface area contributed by atoms with Crippen molar-refractivity contribution in [3.8, 4) is 0 Å². The number of ether oxygens (including phenoxy) is 2. The van der Waals surface area contributed by atoms with Gasteiger partial charge in [-0.3, -0.25) is 15.0 Å². The maximum atomic E-state index is 12.0. The molecular weight excluding hydrogens is 400 g/mol. The van der Waals surface area contributed by atoms with Gasteiger partial charge in [0.05, 0.1) is 36.9 Å². The summed E-state index contributed by atoms with van der Waals surface area (Å²) in [5.74, 6) is 0. The molecule has 1 atom stereocenters. The summed E-state index contributed by atoms with van der Waals surface area (Å²) in [5.41, 5.74) is 3.21. The number of nitro benzene ring substituents is 1. The van der Waals surface area contributed by atoms with Gasteiger partial charge in [0.25, 0.3) is 5.69 Å². The summed E-state index contributed by atoms with van der Waals surface area (Å²) in [4.78, 5) is 15.9. The van der Waals surface area contributed by atoms with Crippen molar-refractivity contribution in [1.29, 1.82) is 0 Å². The summed E-state index contributed by atoms with van der Waals surface area (Å²) in [7, 11) is 0. The number of nitro groups is 1. The van der Waals surface area contributed by atoms with Crippen LogP contribution in [-0.4, -0.2) is 77.4 Å². The van der Waals surface area contributed by atoms with Gasteiger partial charge in [-0.2, -0.15) is 0 Å². The molecule has 10 nitrogen and oxygen atoms in total.